The Morgan fingerprint density at radius 1 is 1.05 bits per heavy atom. The monoisotopic (exact) mass is 497 g/mol. The average Bonchev–Trinajstić information content (AvgIpc) is 3.59. The minimum atomic E-state index is -0.809. The summed E-state index contributed by atoms with van der Waals surface area (Å²) < 4.78 is 7.50. The van der Waals surface area contributed by atoms with Crippen LogP contribution in [0.5, 0.6) is 0 Å². The summed E-state index contributed by atoms with van der Waals surface area (Å²) in [5.41, 5.74) is 4.22. The zero-order valence-corrected chi connectivity index (χ0v) is 20.9. The molecule has 0 saturated carbocycles. The Bertz CT molecular complexity index is 1360. The number of para-hydroxylation sites is 1. The van der Waals surface area contributed by atoms with Crippen LogP contribution in [0.1, 0.15) is 35.6 Å². The Hall–Kier alpha value is -4.04. The van der Waals surface area contributed by atoms with Gasteiger partial charge in [0.15, 0.2) is 0 Å². The molecule has 1 aliphatic rings. The number of hydrogen-bond acceptors (Lipinski definition) is 5. The molecule has 2 heterocycles. The van der Waals surface area contributed by atoms with Crippen molar-refractivity contribution in [1.82, 2.24) is 25.2 Å². The second kappa shape index (κ2) is 11.3. The van der Waals surface area contributed by atoms with Crippen LogP contribution in [0.2, 0.25) is 0 Å². The minimum Gasteiger partial charge on any atom is -0.376 e. The van der Waals surface area contributed by atoms with Crippen LogP contribution in [0.4, 0.5) is 0 Å². The van der Waals surface area contributed by atoms with Crippen molar-refractivity contribution in [2.45, 2.75) is 45.0 Å². The van der Waals surface area contributed by atoms with Gasteiger partial charge in [0.1, 0.15) is 18.1 Å². The summed E-state index contributed by atoms with van der Waals surface area (Å²) in [6.07, 6.45) is 1.67. The fraction of sp³-hybridized carbons (Fsp3) is 0.310. The van der Waals surface area contributed by atoms with Crippen molar-refractivity contribution in [3.05, 3.63) is 95.6 Å². The Balaban J connectivity index is 1.48. The number of carbonyl (C=O) groups is 2. The van der Waals surface area contributed by atoms with Crippen LogP contribution in [0.25, 0.3) is 11.0 Å². The van der Waals surface area contributed by atoms with Gasteiger partial charge in [-0.25, -0.2) is 4.68 Å². The molecule has 0 unspecified atom stereocenters. The lowest BCUT2D eigenvalue weighted by atomic mass is 9.98. The van der Waals surface area contributed by atoms with Crippen molar-refractivity contribution < 1.29 is 14.3 Å². The highest BCUT2D eigenvalue weighted by Gasteiger charge is 2.35. The molecule has 2 amide bonds. The number of nitrogens with one attached hydrogen (secondary N) is 1. The largest absolute Gasteiger partial charge is 0.376 e. The van der Waals surface area contributed by atoms with E-state index in [0.717, 1.165) is 40.6 Å². The van der Waals surface area contributed by atoms with E-state index < -0.39 is 6.04 Å². The lowest BCUT2D eigenvalue weighted by molar-refractivity contribution is -0.143. The van der Waals surface area contributed by atoms with E-state index in [-0.39, 0.29) is 24.5 Å². The normalized spacial score (nSPS) is 16.0. The molecule has 1 N–H and O–H groups in total. The summed E-state index contributed by atoms with van der Waals surface area (Å²) in [6.45, 7) is 3.30. The van der Waals surface area contributed by atoms with Crippen LogP contribution < -0.4 is 5.32 Å². The number of amides is 2. The molecule has 0 spiro atoms. The Morgan fingerprint density at radius 2 is 1.81 bits per heavy atom. The van der Waals surface area contributed by atoms with Gasteiger partial charge >= 0.3 is 0 Å². The molecule has 8 heteroatoms. The summed E-state index contributed by atoms with van der Waals surface area (Å²) in [5, 5.41) is 11.5. The predicted octanol–water partition coefficient (Wildman–Crippen LogP) is 3.81. The number of benzene rings is 3. The maximum atomic E-state index is 13.9. The molecule has 4 aromatic rings. The smallest absolute Gasteiger partial charge is 0.247 e. The molecule has 0 bridgehead atoms. The lowest BCUT2D eigenvalue weighted by Gasteiger charge is -2.34. The number of rotatable bonds is 9. The third kappa shape index (κ3) is 5.70. The Morgan fingerprint density at radius 3 is 2.59 bits per heavy atom. The summed E-state index contributed by atoms with van der Waals surface area (Å²) in [4.78, 5) is 29.4. The molecular formula is C29H31N5O3. The topological polar surface area (TPSA) is 89.4 Å². The molecule has 1 aromatic heterocycles. The van der Waals surface area contributed by atoms with Crippen LogP contribution in [0.15, 0.2) is 78.9 Å². The van der Waals surface area contributed by atoms with Crippen LogP contribution in [-0.2, 0) is 27.4 Å². The predicted molar refractivity (Wildman–Crippen MR) is 140 cm³/mol. The van der Waals surface area contributed by atoms with Crippen molar-refractivity contribution in [2.75, 3.05) is 13.2 Å². The van der Waals surface area contributed by atoms with Gasteiger partial charge in [-0.05, 0) is 48.6 Å². The van der Waals surface area contributed by atoms with Crippen LogP contribution in [0.3, 0.4) is 0 Å². The van der Waals surface area contributed by atoms with Crippen LogP contribution in [0, 0.1) is 6.92 Å². The molecular weight excluding hydrogens is 466 g/mol. The van der Waals surface area contributed by atoms with Gasteiger partial charge < -0.3 is 15.0 Å². The zero-order valence-electron chi connectivity index (χ0n) is 20.9. The highest BCUT2D eigenvalue weighted by molar-refractivity contribution is 5.89. The summed E-state index contributed by atoms with van der Waals surface area (Å²) in [5.74, 6) is -0.442. The SMILES string of the molecule is Cc1ccccc1[C@@H](C(=O)NCc1ccccc1)N(C[C@@H]1CCCO1)C(=O)Cn1nnc2ccccc21. The summed E-state index contributed by atoms with van der Waals surface area (Å²) >= 11 is 0. The molecule has 37 heavy (non-hydrogen) atoms. The third-order valence-electron chi connectivity index (χ3n) is 6.80. The maximum absolute atomic E-state index is 13.9. The lowest BCUT2D eigenvalue weighted by Crippen LogP contribution is -2.48. The highest BCUT2D eigenvalue weighted by atomic mass is 16.5. The van der Waals surface area contributed by atoms with E-state index in [2.05, 4.69) is 15.6 Å². The van der Waals surface area contributed by atoms with Gasteiger partial charge in [0, 0.05) is 19.7 Å². The first-order valence-electron chi connectivity index (χ1n) is 12.7. The molecule has 1 aliphatic heterocycles. The summed E-state index contributed by atoms with van der Waals surface area (Å²) in [7, 11) is 0. The van der Waals surface area contributed by atoms with E-state index in [4.69, 9.17) is 4.74 Å². The van der Waals surface area contributed by atoms with Crippen molar-refractivity contribution in [2.24, 2.45) is 0 Å². The number of aromatic nitrogens is 3. The zero-order chi connectivity index (χ0) is 25.6. The number of fused-ring (bicyclic) bond motifs is 1. The van der Waals surface area contributed by atoms with E-state index in [1.165, 1.54) is 0 Å². The van der Waals surface area contributed by atoms with Crippen LogP contribution in [-0.4, -0.2) is 51.0 Å². The van der Waals surface area contributed by atoms with E-state index in [9.17, 15) is 9.59 Å². The van der Waals surface area contributed by atoms with Gasteiger partial charge in [0.2, 0.25) is 11.8 Å². The number of hydrogen-bond donors (Lipinski definition) is 1. The highest BCUT2D eigenvalue weighted by Crippen LogP contribution is 2.27. The molecule has 5 rings (SSSR count). The minimum absolute atomic E-state index is 0.0262. The van der Waals surface area contributed by atoms with Gasteiger partial charge in [0.25, 0.3) is 0 Å². The Kier molecular flexibility index (Phi) is 7.56. The van der Waals surface area contributed by atoms with Gasteiger partial charge in [-0.15, -0.1) is 5.10 Å². The number of nitrogens with zero attached hydrogens (tertiary/aromatic N) is 4. The number of carbonyl (C=O) groups excluding carboxylic acids is 2. The molecule has 190 valence electrons. The van der Waals surface area contributed by atoms with Crippen molar-refractivity contribution in [1.29, 1.82) is 0 Å². The van der Waals surface area contributed by atoms with E-state index >= 15 is 0 Å². The standard InChI is InChI=1S/C29H31N5O3/c1-21-10-5-6-14-24(21)28(29(36)30-18-22-11-3-2-4-12-22)33(19-23-13-9-17-37-23)27(35)20-34-26-16-8-7-15-25(26)31-32-34/h2-8,10-12,14-16,23,28H,9,13,17-20H2,1H3,(H,30,36)/t23-,28-/m0/s1. The molecule has 3 aromatic carbocycles. The van der Waals surface area contributed by atoms with Gasteiger partial charge in [-0.1, -0.05) is 71.9 Å². The first kappa shape index (κ1) is 24.6. The molecule has 2 atom stereocenters. The van der Waals surface area contributed by atoms with Crippen molar-refractivity contribution >= 4 is 22.8 Å². The van der Waals surface area contributed by atoms with E-state index in [1.807, 2.05) is 85.8 Å². The average molecular weight is 498 g/mol. The number of ether oxygens (including phenoxy) is 1. The van der Waals surface area contributed by atoms with E-state index in [0.29, 0.717) is 19.7 Å². The first-order valence-corrected chi connectivity index (χ1v) is 12.7. The number of aryl methyl sites for hydroxylation is 1. The molecule has 0 aliphatic carbocycles. The summed E-state index contributed by atoms with van der Waals surface area (Å²) in [6, 6.07) is 24.2. The molecule has 1 saturated heterocycles. The molecule has 1 fully saturated rings. The van der Waals surface area contributed by atoms with Crippen molar-refractivity contribution in [3.8, 4) is 0 Å². The van der Waals surface area contributed by atoms with Crippen LogP contribution >= 0.6 is 0 Å². The van der Waals surface area contributed by atoms with Gasteiger partial charge in [-0.3, -0.25) is 9.59 Å². The third-order valence-corrected chi connectivity index (χ3v) is 6.80. The quantitative estimate of drug-likeness (QED) is 0.380. The van der Waals surface area contributed by atoms with Gasteiger partial charge in [-0.2, -0.15) is 0 Å². The molecule has 8 nitrogen and oxygen atoms in total. The van der Waals surface area contributed by atoms with E-state index in [1.54, 1.807) is 9.58 Å². The molecule has 0 radical (unpaired) electrons. The second-order valence-corrected chi connectivity index (χ2v) is 9.38. The first-order chi connectivity index (χ1) is 18.1. The second-order valence-electron chi connectivity index (χ2n) is 9.38. The fourth-order valence-corrected chi connectivity index (χ4v) is 4.84. The maximum Gasteiger partial charge on any atom is 0.247 e. The fourth-order valence-electron chi connectivity index (χ4n) is 4.84. The van der Waals surface area contributed by atoms with Crippen molar-refractivity contribution in [3.63, 3.8) is 0 Å². The van der Waals surface area contributed by atoms with Gasteiger partial charge in [0.05, 0.1) is 11.6 Å². The Labute approximate surface area is 216 Å².